The van der Waals surface area contributed by atoms with Crippen LogP contribution in [0.3, 0.4) is 0 Å². The normalized spacial score (nSPS) is 11.3. The maximum atomic E-state index is 11.0. The lowest BCUT2D eigenvalue weighted by atomic mass is 9.86. The molecule has 0 aliphatic heterocycles. The van der Waals surface area contributed by atoms with Crippen LogP contribution in [0.15, 0.2) is 31.0 Å². The average Bonchev–Trinajstić information content (AvgIpc) is 2.91. The SMILES string of the molecule is CC(C)(CNc1ncncc1C(=O)O)c1cc[nH]c1. The number of aromatic carboxylic acids is 1. The molecule has 0 unspecified atom stereocenters. The molecule has 2 heterocycles. The summed E-state index contributed by atoms with van der Waals surface area (Å²) in [4.78, 5) is 21.8. The molecule has 0 saturated heterocycles. The van der Waals surface area contributed by atoms with Gasteiger partial charge in [0.15, 0.2) is 0 Å². The zero-order chi connectivity index (χ0) is 13.9. The van der Waals surface area contributed by atoms with E-state index in [2.05, 4.69) is 34.1 Å². The van der Waals surface area contributed by atoms with Gasteiger partial charge in [0.2, 0.25) is 0 Å². The van der Waals surface area contributed by atoms with Gasteiger partial charge in [0.1, 0.15) is 17.7 Å². The largest absolute Gasteiger partial charge is 0.477 e. The highest BCUT2D eigenvalue weighted by Gasteiger charge is 2.22. The first kappa shape index (κ1) is 13.1. The summed E-state index contributed by atoms with van der Waals surface area (Å²) in [6.07, 6.45) is 6.42. The summed E-state index contributed by atoms with van der Waals surface area (Å²) in [6, 6.07) is 2.00. The molecule has 0 aliphatic rings. The predicted molar refractivity (Wildman–Crippen MR) is 71.3 cm³/mol. The fourth-order valence-electron chi connectivity index (χ4n) is 1.78. The Morgan fingerprint density at radius 2 is 2.32 bits per heavy atom. The van der Waals surface area contributed by atoms with E-state index in [1.54, 1.807) is 0 Å². The maximum Gasteiger partial charge on any atom is 0.341 e. The molecule has 2 rings (SSSR count). The maximum absolute atomic E-state index is 11.0. The Hall–Kier alpha value is -2.37. The second-order valence-corrected chi connectivity index (χ2v) is 4.93. The second kappa shape index (κ2) is 5.09. The first-order valence-corrected chi connectivity index (χ1v) is 5.91. The van der Waals surface area contributed by atoms with E-state index in [9.17, 15) is 4.79 Å². The summed E-state index contributed by atoms with van der Waals surface area (Å²) in [7, 11) is 0. The van der Waals surface area contributed by atoms with E-state index in [1.807, 2.05) is 18.5 Å². The van der Waals surface area contributed by atoms with Gasteiger partial charge in [0.25, 0.3) is 0 Å². The lowest BCUT2D eigenvalue weighted by molar-refractivity contribution is 0.0697. The van der Waals surface area contributed by atoms with Crippen LogP contribution >= 0.6 is 0 Å². The zero-order valence-electron chi connectivity index (χ0n) is 10.8. The Balaban J connectivity index is 2.13. The third-order valence-corrected chi connectivity index (χ3v) is 3.02. The Morgan fingerprint density at radius 3 is 2.95 bits per heavy atom. The summed E-state index contributed by atoms with van der Waals surface area (Å²) in [5.41, 5.74) is 1.08. The third kappa shape index (κ3) is 2.90. The Bertz CT molecular complexity index is 564. The van der Waals surface area contributed by atoms with Crippen LogP contribution in [0.1, 0.15) is 29.8 Å². The molecule has 0 saturated carbocycles. The number of carboxylic acids is 1. The molecule has 2 aromatic heterocycles. The Labute approximate surface area is 110 Å². The summed E-state index contributed by atoms with van der Waals surface area (Å²) in [5.74, 6) is -0.700. The van der Waals surface area contributed by atoms with E-state index in [-0.39, 0.29) is 11.0 Å². The number of aromatic nitrogens is 3. The first-order valence-electron chi connectivity index (χ1n) is 5.91. The van der Waals surface area contributed by atoms with E-state index in [0.29, 0.717) is 12.4 Å². The summed E-state index contributed by atoms with van der Waals surface area (Å²) < 4.78 is 0. The highest BCUT2D eigenvalue weighted by molar-refractivity contribution is 5.92. The molecule has 0 fully saturated rings. The zero-order valence-corrected chi connectivity index (χ0v) is 10.8. The van der Waals surface area contributed by atoms with Crippen LogP contribution in [-0.2, 0) is 5.41 Å². The van der Waals surface area contributed by atoms with Crippen molar-refractivity contribution < 1.29 is 9.90 Å². The molecule has 19 heavy (non-hydrogen) atoms. The minimum absolute atomic E-state index is 0.0763. The molecule has 0 bridgehead atoms. The van der Waals surface area contributed by atoms with Crippen molar-refractivity contribution in [2.24, 2.45) is 0 Å². The number of anilines is 1. The quantitative estimate of drug-likeness (QED) is 0.763. The van der Waals surface area contributed by atoms with E-state index in [4.69, 9.17) is 5.11 Å². The molecule has 0 spiro atoms. The van der Waals surface area contributed by atoms with Gasteiger partial charge < -0.3 is 15.4 Å². The van der Waals surface area contributed by atoms with Gasteiger partial charge in [-0.2, -0.15) is 0 Å². The van der Waals surface area contributed by atoms with Crippen molar-refractivity contribution in [3.05, 3.63) is 42.1 Å². The van der Waals surface area contributed by atoms with Crippen molar-refractivity contribution in [3.63, 3.8) is 0 Å². The van der Waals surface area contributed by atoms with Crippen LogP contribution in [0.4, 0.5) is 5.82 Å². The van der Waals surface area contributed by atoms with Crippen molar-refractivity contribution in [1.82, 2.24) is 15.0 Å². The van der Waals surface area contributed by atoms with Crippen LogP contribution < -0.4 is 5.32 Å². The number of carbonyl (C=O) groups is 1. The van der Waals surface area contributed by atoms with Crippen LogP contribution in [0.25, 0.3) is 0 Å². The van der Waals surface area contributed by atoms with E-state index < -0.39 is 5.97 Å². The molecular formula is C13H16N4O2. The minimum atomic E-state index is -1.04. The Morgan fingerprint density at radius 1 is 1.53 bits per heavy atom. The summed E-state index contributed by atoms with van der Waals surface area (Å²) in [5, 5.41) is 12.1. The van der Waals surface area contributed by atoms with Crippen molar-refractivity contribution in [1.29, 1.82) is 0 Å². The average molecular weight is 260 g/mol. The molecular weight excluding hydrogens is 244 g/mol. The molecule has 100 valence electrons. The highest BCUT2D eigenvalue weighted by atomic mass is 16.4. The molecule has 0 aliphatic carbocycles. The van der Waals surface area contributed by atoms with Gasteiger partial charge in [-0.05, 0) is 11.6 Å². The molecule has 0 aromatic carbocycles. The van der Waals surface area contributed by atoms with Gasteiger partial charge in [-0.1, -0.05) is 13.8 Å². The topological polar surface area (TPSA) is 90.9 Å². The second-order valence-electron chi connectivity index (χ2n) is 4.93. The molecule has 2 aromatic rings. The van der Waals surface area contributed by atoms with Gasteiger partial charge in [-0.15, -0.1) is 0 Å². The first-order chi connectivity index (χ1) is 9.00. The smallest absolute Gasteiger partial charge is 0.341 e. The lowest BCUT2D eigenvalue weighted by Crippen LogP contribution is -2.28. The summed E-state index contributed by atoms with van der Waals surface area (Å²) >= 11 is 0. The van der Waals surface area contributed by atoms with E-state index in [0.717, 1.165) is 5.56 Å². The predicted octanol–water partition coefficient (Wildman–Crippen LogP) is 1.89. The number of rotatable bonds is 5. The monoisotopic (exact) mass is 260 g/mol. The highest BCUT2D eigenvalue weighted by Crippen LogP contribution is 2.23. The van der Waals surface area contributed by atoms with Gasteiger partial charge >= 0.3 is 5.97 Å². The van der Waals surface area contributed by atoms with E-state index in [1.165, 1.54) is 12.5 Å². The number of nitrogens with zero attached hydrogens (tertiary/aromatic N) is 2. The van der Waals surface area contributed by atoms with Crippen LogP contribution in [-0.4, -0.2) is 32.6 Å². The number of hydrogen-bond donors (Lipinski definition) is 3. The lowest BCUT2D eigenvalue weighted by Gasteiger charge is -2.24. The fraction of sp³-hybridized carbons (Fsp3) is 0.308. The number of hydrogen-bond acceptors (Lipinski definition) is 4. The molecule has 3 N–H and O–H groups in total. The van der Waals surface area contributed by atoms with Crippen LogP contribution in [0.2, 0.25) is 0 Å². The number of nitrogens with one attached hydrogen (secondary N) is 2. The fourth-order valence-corrected chi connectivity index (χ4v) is 1.78. The third-order valence-electron chi connectivity index (χ3n) is 3.02. The van der Waals surface area contributed by atoms with Crippen molar-refractivity contribution >= 4 is 11.8 Å². The molecule has 6 heteroatoms. The van der Waals surface area contributed by atoms with Crippen molar-refractivity contribution in [2.45, 2.75) is 19.3 Å². The molecule has 6 nitrogen and oxygen atoms in total. The standard InChI is InChI=1S/C13H16N4O2/c1-13(2,9-3-4-14-5-9)7-16-11-10(12(18)19)6-15-8-17-11/h3-6,8,14H,7H2,1-2H3,(H,18,19)(H,15,16,17). The minimum Gasteiger partial charge on any atom is -0.477 e. The van der Waals surface area contributed by atoms with Crippen LogP contribution in [0.5, 0.6) is 0 Å². The van der Waals surface area contributed by atoms with Gasteiger partial charge in [0, 0.05) is 30.6 Å². The van der Waals surface area contributed by atoms with Crippen molar-refractivity contribution in [3.8, 4) is 0 Å². The van der Waals surface area contributed by atoms with Gasteiger partial charge in [0.05, 0.1) is 0 Å². The Kier molecular flexibility index (Phi) is 3.50. The number of H-pyrrole nitrogens is 1. The molecule has 0 atom stereocenters. The number of aromatic amines is 1. The molecule has 0 radical (unpaired) electrons. The van der Waals surface area contributed by atoms with Gasteiger partial charge in [-0.25, -0.2) is 14.8 Å². The van der Waals surface area contributed by atoms with Crippen LogP contribution in [0, 0.1) is 0 Å². The number of carboxylic acid groups (broad SMARTS) is 1. The van der Waals surface area contributed by atoms with Crippen molar-refractivity contribution in [2.75, 3.05) is 11.9 Å². The van der Waals surface area contributed by atoms with E-state index >= 15 is 0 Å². The molecule has 0 amide bonds. The summed E-state index contributed by atoms with van der Waals surface area (Å²) in [6.45, 7) is 4.72. The van der Waals surface area contributed by atoms with Gasteiger partial charge in [-0.3, -0.25) is 0 Å².